The van der Waals surface area contributed by atoms with Crippen molar-refractivity contribution in [2.45, 2.75) is 25.3 Å². The van der Waals surface area contributed by atoms with Gasteiger partial charge in [-0.1, -0.05) is 0 Å². The molecule has 1 aromatic carbocycles. The van der Waals surface area contributed by atoms with E-state index in [1.54, 1.807) is 31.5 Å². The molecule has 6 nitrogen and oxygen atoms in total. The number of carboxylic acid groups (broad SMARTS) is 1. The van der Waals surface area contributed by atoms with E-state index in [1.807, 2.05) is 0 Å². The van der Waals surface area contributed by atoms with Crippen molar-refractivity contribution < 1.29 is 14.7 Å². The number of aromatic amines is 1. The molecular formula is C14H15N3O3. The molecule has 20 heavy (non-hydrogen) atoms. The summed E-state index contributed by atoms with van der Waals surface area (Å²) < 4.78 is 0. The number of aliphatic carboxylic acids is 1. The minimum absolute atomic E-state index is 0.246. The third kappa shape index (κ3) is 1.76. The van der Waals surface area contributed by atoms with Crippen molar-refractivity contribution in [2.24, 2.45) is 0 Å². The zero-order chi connectivity index (χ0) is 14.3. The zero-order valence-electron chi connectivity index (χ0n) is 11.1. The van der Waals surface area contributed by atoms with Crippen LogP contribution in [-0.2, 0) is 4.79 Å². The Kier molecular flexibility index (Phi) is 2.74. The summed E-state index contributed by atoms with van der Waals surface area (Å²) >= 11 is 0. The minimum atomic E-state index is -1.11. The number of carboxylic acids is 1. The first-order chi connectivity index (χ1) is 9.52. The Morgan fingerprint density at radius 1 is 1.45 bits per heavy atom. The van der Waals surface area contributed by atoms with Crippen LogP contribution in [0.5, 0.6) is 0 Å². The number of aromatic nitrogens is 2. The molecule has 1 fully saturated rings. The number of likely N-dealkylation sites (tertiary alicyclic amines) is 1. The van der Waals surface area contributed by atoms with Gasteiger partial charge in [-0.2, -0.15) is 0 Å². The highest BCUT2D eigenvalue weighted by Crippen LogP contribution is 2.31. The van der Waals surface area contributed by atoms with Gasteiger partial charge in [0.2, 0.25) is 0 Å². The molecule has 0 saturated carbocycles. The summed E-state index contributed by atoms with van der Waals surface area (Å²) in [6.07, 6.45) is 2.76. The van der Waals surface area contributed by atoms with Crippen molar-refractivity contribution in [2.75, 3.05) is 6.54 Å². The first-order valence-corrected chi connectivity index (χ1v) is 6.51. The molecule has 1 aromatic heterocycles. The molecule has 0 spiro atoms. The van der Waals surface area contributed by atoms with Crippen molar-refractivity contribution in [3.05, 3.63) is 30.1 Å². The Morgan fingerprint density at radius 3 is 3.00 bits per heavy atom. The summed E-state index contributed by atoms with van der Waals surface area (Å²) in [5.74, 6) is -1.20. The van der Waals surface area contributed by atoms with Gasteiger partial charge in [0.1, 0.15) is 5.54 Å². The van der Waals surface area contributed by atoms with Crippen LogP contribution in [0, 0.1) is 0 Å². The number of carbonyl (C=O) groups excluding carboxylic acids is 1. The molecule has 6 heteroatoms. The fourth-order valence-corrected chi connectivity index (χ4v) is 2.74. The lowest BCUT2D eigenvalue weighted by atomic mass is 9.98. The van der Waals surface area contributed by atoms with Crippen LogP contribution in [0.2, 0.25) is 0 Å². The van der Waals surface area contributed by atoms with E-state index >= 15 is 0 Å². The van der Waals surface area contributed by atoms with Crippen molar-refractivity contribution >= 4 is 22.9 Å². The molecule has 1 unspecified atom stereocenters. The molecule has 0 aliphatic carbocycles. The lowest BCUT2D eigenvalue weighted by Gasteiger charge is -2.31. The molecule has 2 heterocycles. The number of H-pyrrole nitrogens is 1. The minimum Gasteiger partial charge on any atom is -0.480 e. The maximum atomic E-state index is 12.6. The first kappa shape index (κ1) is 12.7. The lowest BCUT2D eigenvalue weighted by molar-refractivity contribution is -0.147. The highest BCUT2D eigenvalue weighted by Gasteiger charge is 2.46. The van der Waals surface area contributed by atoms with E-state index in [1.165, 1.54) is 4.90 Å². The van der Waals surface area contributed by atoms with Gasteiger partial charge in [-0.15, -0.1) is 0 Å². The number of amides is 1. The van der Waals surface area contributed by atoms with Gasteiger partial charge in [0.15, 0.2) is 0 Å². The van der Waals surface area contributed by atoms with Crippen LogP contribution >= 0.6 is 0 Å². The number of nitrogens with zero attached hydrogens (tertiary/aromatic N) is 2. The fraction of sp³-hybridized carbons (Fsp3) is 0.357. The van der Waals surface area contributed by atoms with Crippen LogP contribution in [0.4, 0.5) is 0 Å². The normalized spacial score (nSPS) is 22.4. The number of hydrogen-bond acceptors (Lipinski definition) is 3. The highest BCUT2D eigenvalue weighted by molar-refractivity contribution is 6.00. The van der Waals surface area contributed by atoms with E-state index in [2.05, 4.69) is 9.97 Å². The Labute approximate surface area is 115 Å². The molecule has 1 saturated heterocycles. The average molecular weight is 273 g/mol. The zero-order valence-corrected chi connectivity index (χ0v) is 11.1. The van der Waals surface area contributed by atoms with E-state index in [0.717, 1.165) is 11.0 Å². The predicted molar refractivity (Wildman–Crippen MR) is 72.4 cm³/mol. The molecular weight excluding hydrogens is 258 g/mol. The Balaban J connectivity index is 1.97. The van der Waals surface area contributed by atoms with E-state index < -0.39 is 11.5 Å². The summed E-state index contributed by atoms with van der Waals surface area (Å²) in [6.45, 7) is 2.08. The van der Waals surface area contributed by atoms with Crippen molar-refractivity contribution in [3.8, 4) is 0 Å². The summed E-state index contributed by atoms with van der Waals surface area (Å²) in [5.41, 5.74) is 0.923. The number of carbonyl (C=O) groups is 2. The Bertz CT molecular complexity index is 694. The topological polar surface area (TPSA) is 86.3 Å². The molecule has 3 rings (SSSR count). The second kappa shape index (κ2) is 4.33. The number of fused-ring (bicyclic) bond motifs is 1. The third-order valence-corrected chi connectivity index (χ3v) is 4.01. The van der Waals surface area contributed by atoms with Crippen molar-refractivity contribution in [3.63, 3.8) is 0 Å². The van der Waals surface area contributed by atoms with E-state index in [4.69, 9.17) is 0 Å². The van der Waals surface area contributed by atoms with Gasteiger partial charge >= 0.3 is 5.97 Å². The second-order valence-electron chi connectivity index (χ2n) is 5.27. The van der Waals surface area contributed by atoms with Crippen LogP contribution < -0.4 is 0 Å². The van der Waals surface area contributed by atoms with E-state index in [0.29, 0.717) is 24.9 Å². The smallest absolute Gasteiger partial charge is 0.329 e. The molecule has 1 aliphatic rings. The first-order valence-electron chi connectivity index (χ1n) is 6.51. The van der Waals surface area contributed by atoms with Gasteiger partial charge < -0.3 is 15.0 Å². The molecule has 104 valence electrons. The summed E-state index contributed by atoms with van der Waals surface area (Å²) in [5, 5.41) is 9.37. The van der Waals surface area contributed by atoms with Gasteiger partial charge in [-0.3, -0.25) is 4.79 Å². The summed E-state index contributed by atoms with van der Waals surface area (Å²) in [4.78, 5) is 32.5. The van der Waals surface area contributed by atoms with Crippen LogP contribution in [0.3, 0.4) is 0 Å². The van der Waals surface area contributed by atoms with Gasteiger partial charge in [0, 0.05) is 12.1 Å². The quantitative estimate of drug-likeness (QED) is 0.871. The van der Waals surface area contributed by atoms with Crippen LogP contribution in [0.1, 0.15) is 30.1 Å². The largest absolute Gasteiger partial charge is 0.480 e. The van der Waals surface area contributed by atoms with E-state index in [9.17, 15) is 14.7 Å². The highest BCUT2D eigenvalue weighted by atomic mass is 16.4. The average Bonchev–Trinajstić information content (AvgIpc) is 3.03. The van der Waals surface area contributed by atoms with Gasteiger partial charge in [0.05, 0.1) is 17.4 Å². The van der Waals surface area contributed by atoms with E-state index in [-0.39, 0.29) is 5.91 Å². The third-order valence-electron chi connectivity index (χ3n) is 4.01. The van der Waals surface area contributed by atoms with Gasteiger partial charge in [0.25, 0.3) is 5.91 Å². The van der Waals surface area contributed by atoms with Crippen molar-refractivity contribution in [1.82, 2.24) is 14.9 Å². The molecule has 1 amide bonds. The number of nitrogens with one attached hydrogen (secondary N) is 1. The predicted octanol–water partition coefficient (Wildman–Crippen LogP) is 1.64. The number of benzene rings is 1. The van der Waals surface area contributed by atoms with Gasteiger partial charge in [-0.05, 0) is 38.0 Å². The van der Waals surface area contributed by atoms with Crippen LogP contribution in [0.15, 0.2) is 24.5 Å². The molecule has 1 aliphatic heterocycles. The standard InChI is InChI=1S/C14H15N3O3/c1-14(13(19)20)5-2-6-17(14)12(18)9-3-4-10-11(7-9)16-8-15-10/h3-4,7-8H,2,5-6H2,1H3,(H,15,16)(H,19,20). The Hall–Kier alpha value is -2.37. The Morgan fingerprint density at radius 2 is 2.25 bits per heavy atom. The molecule has 2 N–H and O–H groups in total. The fourth-order valence-electron chi connectivity index (χ4n) is 2.74. The van der Waals surface area contributed by atoms with Gasteiger partial charge in [-0.25, -0.2) is 9.78 Å². The SMILES string of the molecule is CC1(C(=O)O)CCCN1C(=O)c1ccc2nc[nH]c2c1. The van der Waals surface area contributed by atoms with Crippen molar-refractivity contribution in [1.29, 1.82) is 0 Å². The lowest BCUT2D eigenvalue weighted by Crippen LogP contribution is -2.50. The second-order valence-corrected chi connectivity index (χ2v) is 5.27. The molecule has 0 bridgehead atoms. The van der Waals surface area contributed by atoms with Crippen LogP contribution in [-0.4, -0.2) is 43.9 Å². The summed E-state index contributed by atoms with van der Waals surface area (Å²) in [6, 6.07) is 5.16. The number of rotatable bonds is 2. The number of imidazole rings is 1. The summed E-state index contributed by atoms with van der Waals surface area (Å²) in [7, 11) is 0. The monoisotopic (exact) mass is 273 g/mol. The molecule has 2 aromatic rings. The molecule has 0 radical (unpaired) electrons. The molecule has 1 atom stereocenters. The maximum absolute atomic E-state index is 12.6. The van der Waals surface area contributed by atoms with Crippen LogP contribution in [0.25, 0.3) is 11.0 Å². The maximum Gasteiger partial charge on any atom is 0.329 e. The number of hydrogen-bond donors (Lipinski definition) is 2.